The van der Waals surface area contributed by atoms with Crippen molar-refractivity contribution < 1.29 is 27.4 Å². The van der Waals surface area contributed by atoms with Crippen LogP contribution in [0.1, 0.15) is 83.6 Å². The number of benzene rings is 1. The van der Waals surface area contributed by atoms with Crippen molar-refractivity contribution in [2.45, 2.75) is 110 Å². The summed E-state index contributed by atoms with van der Waals surface area (Å²) >= 11 is 0. The maximum atomic E-state index is 13.0. The van der Waals surface area contributed by atoms with E-state index in [1.807, 2.05) is 12.1 Å². The third kappa shape index (κ3) is 11.2. The van der Waals surface area contributed by atoms with Crippen LogP contribution in [0.4, 0.5) is 19.0 Å². The average Bonchev–Trinajstić information content (AvgIpc) is 2.96. The van der Waals surface area contributed by atoms with Crippen molar-refractivity contribution in [2.75, 3.05) is 18.5 Å². The SMILES string of the molecule is CCC(=O)OCC(C)Oc1ccc(CCNc2nn(CCCC3CCCCC3)c(=O)n(CCCC(F)(F)F)c2=O)cc1. The Morgan fingerprint density at radius 2 is 1.81 bits per heavy atom. The second-order valence-corrected chi connectivity index (χ2v) is 11.0. The molecule has 1 aromatic carbocycles. The second kappa shape index (κ2) is 16.4. The summed E-state index contributed by atoms with van der Waals surface area (Å²) in [5.74, 6) is 0.902. The first-order valence-electron chi connectivity index (χ1n) is 15.0. The van der Waals surface area contributed by atoms with Crippen LogP contribution in [0.15, 0.2) is 33.9 Å². The van der Waals surface area contributed by atoms with Gasteiger partial charge in [0.1, 0.15) is 18.5 Å². The van der Waals surface area contributed by atoms with Gasteiger partial charge in [-0.3, -0.25) is 14.2 Å². The van der Waals surface area contributed by atoms with E-state index in [-0.39, 0.29) is 37.5 Å². The van der Waals surface area contributed by atoms with Crippen molar-refractivity contribution in [1.82, 2.24) is 14.3 Å². The standard InChI is InChI=1S/C30H43F3N4O5/c1-3-26(38)41-21-22(2)42-25-14-12-24(13-15-25)16-18-34-27-28(39)36(19-8-17-30(31,32)33)29(40)37(35-27)20-7-11-23-9-5-4-6-10-23/h12-15,22-23H,3-11,16-21H2,1-2H3,(H,34,35). The van der Waals surface area contributed by atoms with Crippen molar-refractivity contribution in [1.29, 1.82) is 0 Å². The Bertz CT molecular complexity index is 1240. The number of carbonyl (C=O) groups is 1. The van der Waals surface area contributed by atoms with Gasteiger partial charge in [-0.2, -0.15) is 13.2 Å². The number of nitrogens with zero attached hydrogens (tertiary/aromatic N) is 3. The van der Waals surface area contributed by atoms with Crippen LogP contribution in [-0.4, -0.2) is 45.7 Å². The summed E-state index contributed by atoms with van der Waals surface area (Å²) in [5.41, 5.74) is -0.441. The summed E-state index contributed by atoms with van der Waals surface area (Å²) in [6.07, 6.45) is 2.41. The van der Waals surface area contributed by atoms with Gasteiger partial charge in [0.15, 0.2) is 0 Å². The summed E-state index contributed by atoms with van der Waals surface area (Å²) in [7, 11) is 0. The van der Waals surface area contributed by atoms with Gasteiger partial charge in [-0.05, 0) is 56.2 Å². The quantitative estimate of drug-likeness (QED) is 0.256. The maximum Gasteiger partial charge on any atom is 0.389 e. The van der Waals surface area contributed by atoms with E-state index in [9.17, 15) is 27.6 Å². The van der Waals surface area contributed by atoms with Crippen molar-refractivity contribution >= 4 is 11.8 Å². The molecule has 1 N–H and O–H groups in total. The van der Waals surface area contributed by atoms with Crippen LogP contribution in [-0.2, 0) is 29.0 Å². The molecule has 12 heteroatoms. The topological polar surface area (TPSA) is 104 Å². The highest BCUT2D eigenvalue weighted by Crippen LogP contribution is 2.27. The summed E-state index contributed by atoms with van der Waals surface area (Å²) < 4.78 is 51.1. The molecule has 1 aromatic heterocycles. The monoisotopic (exact) mass is 596 g/mol. The molecule has 1 fully saturated rings. The summed E-state index contributed by atoms with van der Waals surface area (Å²) in [4.78, 5) is 37.3. The molecule has 3 rings (SSSR count). The third-order valence-electron chi connectivity index (χ3n) is 7.40. The lowest BCUT2D eigenvalue weighted by atomic mass is 9.86. The first-order valence-corrected chi connectivity index (χ1v) is 15.0. The zero-order valence-electron chi connectivity index (χ0n) is 24.6. The smallest absolute Gasteiger partial charge is 0.389 e. The molecule has 1 heterocycles. The molecule has 1 aliphatic rings. The number of anilines is 1. The predicted octanol–water partition coefficient (Wildman–Crippen LogP) is 5.48. The van der Waals surface area contributed by atoms with Gasteiger partial charge < -0.3 is 14.8 Å². The van der Waals surface area contributed by atoms with Crippen LogP contribution in [0, 0.1) is 5.92 Å². The maximum absolute atomic E-state index is 13.0. The number of alkyl halides is 3. The lowest BCUT2D eigenvalue weighted by molar-refractivity contribution is -0.145. The fourth-order valence-corrected chi connectivity index (χ4v) is 5.10. The minimum atomic E-state index is -4.36. The Hall–Kier alpha value is -3.31. The molecule has 0 saturated heterocycles. The molecule has 0 radical (unpaired) electrons. The number of aromatic nitrogens is 3. The third-order valence-corrected chi connectivity index (χ3v) is 7.40. The minimum absolute atomic E-state index is 0.0466. The van der Waals surface area contributed by atoms with Gasteiger partial charge in [0.05, 0.1) is 0 Å². The lowest BCUT2D eigenvalue weighted by Crippen LogP contribution is -2.43. The highest BCUT2D eigenvalue weighted by atomic mass is 19.4. The van der Waals surface area contributed by atoms with Crippen LogP contribution >= 0.6 is 0 Å². The van der Waals surface area contributed by atoms with E-state index in [0.717, 1.165) is 16.6 Å². The van der Waals surface area contributed by atoms with Crippen LogP contribution < -0.4 is 21.3 Å². The van der Waals surface area contributed by atoms with Crippen LogP contribution in [0.5, 0.6) is 5.75 Å². The van der Waals surface area contributed by atoms with E-state index in [2.05, 4.69) is 10.4 Å². The molecular weight excluding hydrogens is 553 g/mol. The minimum Gasteiger partial charge on any atom is -0.487 e. The number of esters is 1. The Kier molecular flexibility index (Phi) is 12.9. The highest BCUT2D eigenvalue weighted by Gasteiger charge is 2.26. The van der Waals surface area contributed by atoms with E-state index in [0.29, 0.717) is 44.0 Å². The number of rotatable bonds is 16. The van der Waals surface area contributed by atoms with Gasteiger partial charge in [-0.1, -0.05) is 51.2 Å². The molecular formula is C30H43F3N4O5. The van der Waals surface area contributed by atoms with Crippen molar-refractivity contribution in [3.63, 3.8) is 0 Å². The van der Waals surface area contributed by atoms with E-state index in [4.69, 9.17) is 9.47 Å². The van der Waals surface area contributed by atoms with Gasteiger partial charge in [-0.15, -0.1) is 5.10 Å². The Morgan fingerprint density at radius 3 is 2.48 bits per heavy atom. The molecule has 9 nitrogen and oxygen atoms in total. The molecule has 0 spiro atoms. The fraction of sp³-hybridized carbons (Fsp3) is 0.667. The zero-order chi connectivity index (χ0) is 30.5. The Morgan fingerprint density at radius 1 is 1.10 bits per heavy atom. The Labute approximate surface area is 244 Å². The molecule has 1 unspecified atom stereocenters. The van der Waals surface area contributed by atoms with E-state index >= 15 is 0 Å². The van der Waals surface area contributed by atoms with Crippen molar-refractivity contribution in [3.05, 3.63) is 50.7 Å². The lowest BCUT2D eigenvalue weighted by Gasteiger charge is -2.21. The zero-order valence-corrected chi connectivity index (χ0v) is 24.6. The van der Waals surface area contributed by atoms with E-state index in [1.165, 1.54) is 36.8 Å². The molecule has 234 valence electrons. The average molecular weight is 597 g/mol. The van der Waals surface area contributed by atoms with Crippen LogP contribution in [0.25, 0.3) is 0 Å². The number of carbonyl (C=O) groups excluding carboxylic acids is 1. The second-order valence-electron chi connectivity index (χ2n) is 11.0. The first-order chi connectivity index (χ1) is 20.1. The molecule has 1 atom stereocenters. The molecule has 0 aliphatic heterocycles. The van der Waals surface area contributed by atoms with Gasteiger partial charge in [0.25, 0.3) is 5.56 Å². The van der Waals surface area contributed by atoms with Crippen molar-refractivity contribution in [3.8, 4) is 5.75 Å². The Balaban J connectivity index is 1.62. The normalized spacial score (nSPS) is 14.9. The summed E-state index contributed by atoms with van der Waals surface area (Å²) in [6, 6.07) is 7.34. The number of hydrogen-bond donors (Lipinski definition) is 1. The van der Waals surface area contributed by atoms with E-state index in [1.54, 1.807) is 26.0 Å². The molecule has 2 aromatic rings. The number of nitrogens with one attached hydrogen (secondary N) is 1. The molecule has 0 bridgehead atoms. The number of halogens is 3. The molecule has 1 aliphatic carbocycles. The van der Waals surface area contributed by atoms with Gasteiger partial charge in [0.2, 0.25) is 5.82 Å². The molecule has 42 heavy (non-hydrogen) atoms. The first kappa shape index (κ1) is 33.2. The van der Waals surface area contributed by atoms with Crippen molar-refractivity contribution in [2.24, 2.45) is 5.92 Å². The van der Waals surface area contributed by atoms with E-state index < -0.39 is 23.8 Å². The largest absolute Gasteiger partial charge is 0.487 e. The predicted molar refractivity (Wildman–Crippen MR) is 154 cm³/mol. The molecule has 0 amide bonds. The van der Waals surface area contributed by atoms with Gasteiger partial charge in [-0.25, -0.2) is 9.48 Å². The number of aryl methyl sites for hydroxylation is 1. The van der Waals surface area contributed by atoms with Crippen LogP contribution in [0.2, 0.25) is 0 Å². The number of hydrogen-bond acceptors (Lipinski definition) is 7. The summed E-state index contributed by atoms with van der Waals surface area (Å²) in [6.45, 7) is 3.99. The van der Waals surface area contributed by atoms with Gasteiger partial charge >= 0.3 is 17.8 Å². The van der Waals surface area contributed by atoms with Gasteiger partial charge in [0, 0.05) is 32.5 Å². The molecule has 1 saturated carbocycles. The van der Waals surface area contributed by atoms with Crippen LogP contribution in [0.3, 0.4) is 0 Å². The fourth-order valence-electron chi connectivity index (χ4n) is 5.10. The highest BCUT2D eigenvalue weighted by molar-refractivity contribution is 5.68. The number of ether oxygens (including phenoxy) is 2. The summed E-state index contributed by atoms with van der Waals surface area (Å²) in [5, 5.41) is 7.26.